The number of halogens is 1. The first-order valence-electron chi connectivity index (χ1n) is 4.84. The van der Waals surface area contributed by atoms with Crippen molar-refractivity contribution >= 4 is 29.0 Å². The van der Waals surface area contributed by atoms with Crippen LogP contribution in [0.15, 0.2) is 15.3 Å². The van der Waals surface area contributed by atoms with Crippen LogP contribution >= 0.6 is 22.9 Å². The van der Waals surface area contributed by atoms with Crippen molar-refractivity contribution in [3.63, 3.8) is 0 Å². The molecule has 16 heavy (non-hydrogen) atoms. The molecule has 1 unspecified atom stereocenters. The molecule has 0 saturated carbocycles. The van der Waals surface area contributed by atoms with Crippen molar-refractivity contribution in [2.45, 2.75) is 18.7 Å². The molecule has 0 amide bonds. The molecule has 0 aromatic carbocycles. The molecule has 86 valence electrons. The Kier molecular flexibility index (Phi) is 3.74. The Hall–Kier alpha value is -1.14. The van der Waals surface area contributed by atoms with E-state index < -0.39 is 0 Å². The minimum absolute atomic E-state index is 0.262. The summed E-state index contributed by atoms with van der Waals surface area (Å²) in [4.78, 5) is 4.17. The van der Waals surface area contributed by atoms with Crippen molar-refractivity contribution in [3.05, 3.63) is 22.5 Å². The summed E-state index contributed by atoms with van der Waals surface area (Å²) in [5.74, 6) is 0.429. The van der Waals surface area contributed by atoms with Gasteiger partial charge in [-0.25, -0.2) is 4.98 Å². The number of aromatic nitrogens is 3. The van der Waals surface area contributed by atoms with E-state index in [0.717, 1.165) is 12.1 Å². The van der Waals surface area contributed by atoms with E-state index in [1.807, 2.05) is 10.9 Å². The highest BCUT2D eigenvalue weighted by atomic mass is 35.5. The van der Waals surface area contributed by atoms with Crippen LogP contribution in [0.1, 0.15) is 23.9 Å². The lowest BCUT2D eigenvalue weighted by molar-refractivity contribution is 0.506. The number of hydrogen-bond donors (Lipinski definition) is 1. The molecular weight excluding hydrogens is 248 g/mol. The molecule has 0 aliphatic carbocycles. The zero-order valence-electron chi connectivity index (χ0n) is 8.68. The van der Waals surface area contributed by atoms with Crippen molar-refractivity contribution in [2.24, 2.45) is 0 Å². The monoisotopic (exact) mass is 258 g/mol. The smallest absolute Gasteiger partial charge is 0.315 e. The lowest BCUT2D eigenvalue weighted by Crippen LogP contribution is -2.05. The van der Waals surface area contributed by atoms with Crippen molar-refractivity contribution in [1.82, 2.24) is 15.2 Å². The topological polar surface area (TPSA) is 63.8 Å². The van der Waals surface area contributed by atoms with E-state index in [9.17, 15) is 0 Å². The van der Waals surface area contributed by atoms with Crippen LogP contribution < -0.4 is 5.32 Å². The minimum Gasteiger partial charge on any atom is -0.407 e. The maximum Gasteiger partial charge on any atom is 0.315 e. The number of nitrogens with zero attached hydrogens (tertiary/aromatic N) is 3. The lowest BCUT2D eigenvalue weighted by atomic mass is 10.3. The molecule has 0 aliphatic heterocycles. The number of hydrogen-bond acceptors (Lipinski definition) is 6. The molecule has 2 rings (SSSR count). The van der Waals surface area contributed by atoms with Crippen LogP contribution in [0.4, 0.5) is 6.01 Å². The second kappa shape index (κ2) is 5.27. The molecule has 0 fully saturated rings. The van der Waals surface area contributed by atoms with Gasteiger partial charge in [0.25, 0.3) is 0 Å². The second-order valence-corrected chi connectivity index (χ2v) is 4.59. The molecule has 0 spiro atoms. The predicted octanol–water partition coefficient (Wildman–Crippen LogP) is 2.48. The fourth-order valence-corrected chi connectivity index (χ4v) is 1.81. The van der Waals surface area contributed by atoms with E-state index in [2.05, 4.69) is 20.5 Å². The molecule has 2 aromatic heterocycles. The van der Waals surface area contributed by atoms with Crippen LogP contribution in [0.3, 0.4) is 0 Å². The summed E-state index contributed by atoms with van der Waals surface area (Å²) < 4.78 is 5.28. The van der Waals surface area contributed by atoms with E-state index >= 15 is 0 Å². The van der Waals surface area contributed by atoms with Gasteiger partial charge in [0, 0.05) is 18.3 Å². The molecule has 2 heterocycles. The van der Waals surface area contributed by atoms with Crippen LogP contribution in [0.2, 0.25) is 0 Å². The van der Waals surface area contributed by atoms with Gasteiger partial charge in [0.1, 0.15) is 5.38 Å². The van der Waals surface area contributed by atoms with Gasteiger partial charge in [0.2, 0.25) is 5.89 Å². The first-order chi connectivity index (χ1) is 7.75. The molecule has 5 nitrogen and oxygen atoms in total. The molecule has 1 atom stereocenters. The van der Waals surface area contributed by atoms with Gasteiger partial charge in [-0.2, -0.15) is 0 Å². The Bertz CT molecular complexity index is 428. The Balaban J connectivity index is 1.81. The van der Waals surface area contributed by atoms with Gasteiger partial charge < -0.3 is 9.73 Å². The first kappa shape index (κ1) is 11.3. The zero-order chi connectivity index (χ0) is 11.4. The number of thiazole rings is 1. The SMILES string of the molecule is CC(Cl)c1nnc(NCCc2cscn2)o1. The van der Waals surface area contributed by atoms with E-state index in [1.54, 1.807) is 18.3 Å². The number of rotatable bonds is 5. The normalized spacial score (nSPS) is 12.6. The third kappa shape index (κ3) is 2.93. The van der Waals surface area contributed by atoms with Crippen molar-refractivity contribution in [1.29, 1.82) is 0 Å². The number of nitrogens with one attached hydrogen (secondary N) is 1. The largest absolute Gasteiger partial charge is 0.407 e. The summed E-state index contributed by atoms with van der Waals surface area (Å²) in [5, 5.41) is 12.4. The highest BCUT2D eigenvalue weighted by Gasteiger charge is 2.10. The Labute approximate surface area is 102 Å². The van der Waals surface area contributed by atoms with Crippen LogP contribution in [-0.2, 0) is 6.42 Å². The quantitative estimate of drug-likeness (QED) is 0.835. The highest BCUT2D eigenvalue weighted by molar-refractivity contribution is 7.07. The summed E-state index contributed by atoms with van der Waals surface area (Å²) in [5.41, 5.74) is 2.87. The molecule has 0 aliphatic rings. The molecule has 7 heteroatoms. The maximum absolute atomic E-state index is 5.80. The summed E-state index contributed by atoms with van der Waals surface area (Å²) in [7, 11) is 0. The Morgan fingerprint density at radius 1 is 1.56 bits per heavy atom. The van der Waals surface area contributed by atoms with Crippen molar-refractivity contribution in [2.75, 3.05) is 11.9 Å². The Morgan fingerprint density at radius 3 is 3.06 bits per heavy atom. The fourth-order valence-electron chi connectivity index (χ4n) is 1.13. The van der Waals surface area contributed by atoms with Crippen molar-refractivity contribution < 1.29 is 4.42 Å². The van der Waals surface area contributed by atoms with Crippen LogP contribution in [-0.4, -0.2) is 21.7 Å². The molecular formula is C9H11ClN4OS. The van der Waals surface area contributed by atoms with Gasteiger partial charge in [-0.05, 0) is 6.92 Å². The third-order valence-corrected chi connectivity index (χ3v) is 2.74. The van der Waals surface area contributed by atoms with Gasteiger partial charge in [-0.1, -0.05) is 5.10 Å². The summed E-state index contributed by atoms with van der Waals surface area (Å²) in [6, 6.07) is 0.401. The van der Waals surface area contributed by atoms with Crippen molar-refractivity contribution in [3.8, 4) is 0 Å². The first-order valence-corrected chi connectivity index (χ1v) is 6.22. The van der Waals surface area contributed by atoms with Gasteiger partial charge in [-0.3, -0.25) is 0 Å². The standard InChI is InChI=1S/C9H11ClN4OS/c1-6(10)8-13-14-9(15-8)11-3-2-7-4-16-5-12-7/h4-6H,2-3H2,1H3,(H,11,14). The summed E-state index contributed by atoms with van der Waals surface area (Å²) in [6.45, 7) is 2.50. The summed E-state index contributed by atoms with van der Waals surface area (Å²) >= 11 is 7.39. The lowest BCUT2D eigenvalue weighted by Gasteiger charge is -1.98. The van der Waals surface area contributed by atoms with E-state index in [1.165, 1.54) is 0 Å². The van der Waals surface area contributed by atoms with E-state index in [0.29, 0.717) is 18.5 Å². The van der Waals surface area contributed by atoms with Gasteiger partial charge >= 0.3 is 6.01 Å². The van der Waals surface area contributed by atoms with Crippen LogP contribution in [0.25, 0.3) is 0 Å². The number of alkyl halides is 1. The zero-order valence-corrected chi connectivity index (χ0v) is 10.3. The molecule has 0 bridgehead atoms. The average Bonchev–Trinajstić information content (AvgIpc) is 2.87. The molecule has 2 aromatic rings. The van der Waals surface area contributed by atoms with Crippen LogP contribution in [0, 0.1) is 0 Å². The third-order valence-electron chi connectivity index (χ3n) is 1.92. The van der Waals surface area contributed by atoms with Gasteiger partial charge in [-0.15, -0.1) is 28.0 Å². The fraction of sp³-hybridized carbons (Fsp3) is 0.444. The van der Waals surface area contributed by atoms with E-state index in [4.69, 9.17) is 16.0 Å². The van der Waals surface area contributed by atoms with Gasteiger partial charge in [0.15, 0.2) is 0 Å². The second-order valence-electron chi connectivity index (χ2n) is 3.22. The van der Waals surface area contributed by atoms with Gasteiger partial charge in [0.05, 0.1) is 11.2 Å². The maximum atomic E-state index is 5.80. The molecule has 1 N–H and O–H groups in total. The Morgan fingerprint density at radius 2 is 2.44 bits per heavy atom. The minimum atomic E-state index is -0.262. The molecule has 0 saturated heterocycles. The summed E-state index contributed by atoms with van der Waals surface area (Å²) in [6.07, 6.45) is 0.831. The number of anilines is 1. The molecule has 0 radical (unpaired) electrons. The van der Waals surface area contributed by atoms with Crippen LogP contribution in [0.5, 0.6) is 0 Å². The average molecular weight is 259 g/mol. The highest BCUT2D eigenvalue weighted by Crippen LogP contribution is 2.19. The predicted molar refractivity (Wildman–Crippen MR) is 62.9 cm³/mol. The van der Waals surface area contributed by atoms with E-state index in [-0.39, 0.29) is 5.38 Å².